The zero-order chi connectivity index (χ0) is 40.1. The van der Waals surface area contributed by atoms with Gasteiger partial charge in [0, 0.05) is 5.92 Å². The molecule has 14 nitrogen and oxygen atoms in total. The molecule has 0 bridgehead atoms. The summed E-state index contributed by atoms with van der Waals surface area (Å²) >= 11 is 0. The van der Waals surface area contributed by atoms with E-state index in [0.29, 0.717) is 19.3 Å². The Labute approximate surface area is 324 Å². The van der Waals surface area contributed by atoms with Crippen molar-refractivity contribution in [1.29, 1.82) is 0 Å². The van der Waals surface area contributed by atoms with Crippen LogP contribution in [0.15, 0.2) is 0 Å². The number of ether oxygens (including phenoxy) is 5. The second kappa shape index (κ2) is 13.2. The molecule has 316 valence electrons. The fraction of sp³-hybridized carbons (Fsp3) is 1.00. The van der Waals surface area contributed by atoms with E-state index in [1.807, 2.05) is 0 Å². The molecule has 9 N–H and O–H groups in total. The first-order valence-electron chi connectivity index (χ1n) is 20.9. The van der Waals surface area contributed by atoms with Crippen molar-refractivity contribution in [3.63, 3.8) is 0 Å². The monoisotopic (exact) mass is 784 g/mol. The molecule has 0 amide bonds. The molecule has 0 aromatic heterocycles. The van der Waals surface area contributed by atoms with Gasteiger partial charge in [-0.15, -0.1) is 0 Å². The van der Waals surface area contributed by atoms with Gasteiger partial charge in [0.05, 0.1) is 48.8 Å². The Morgan fingerprint density at radius 1 is 0.709 bits per heavy atom. The van der Waals surface area contributed by atoms with Crippen LogP contribution in [0.1, 0.15) is 106 Å². The Kier molecular flexibility index (Phi) is 9.90. The van der Waals surface area contributed by atoms with Gasteiger partial charge in [-0.05, 0) is 117 Å². The number of hydrogen-bond acceptors (Lipinski definition) is 14. The molecule has 3 heterocycles. The lowest BCUT2D eigenvalue weighted by Crippen LogP contribution is -2.64. The Hall–Kier alpha value is -0.560. The van der Waals surface area contributed by atoms with Crippen molar-refractivity contribution in [3.8, 4) is 0 Å². The zero-order valence-electron chi connectivity index (χ0n) is 33.6. The fourth-order valence-electron chi connectivity index (χ4n) is 14.9. The first-order chi connectivity index (χ1) is 25.5. The molecule has 8 aliphatic rings. The summed E-state index contributed by atoms with van der Waals surface area (Å²) in [4.78, 5) is 0. The van der Waals surface area contributed by atoms with Crippen LogP contribution >= 0.6 is 0 Å². The van der Waals surface area contributed by atoms with Gasteiger partial charge in [-0.2, -0.15) is 0 Å². The quantitative estimate of drug-likeness (QED) is 0.162. The predicted molar refractivity (Wildman–Crippen MR) is 194 cm³/mol. The number of aliphatic hydroxyl groups excluding tert-OH is 8. The Bertz CT molecular complexity index is 1460. The van der Waals surface area contributed by atoms with Gasteiger partial charge in [0.2, 0.25) is 0 Å². The highest BCUT2D eigenvalue weighted by molar-refractivity contribution is 5.33. The van der Waals surface area contributed by atoms with Crippen molar-refractivity contribution in [3.05, 3.63) is 0 Å². The van der Waals surface area contributed by atoms with Crippen molar-refractivity contribution in [2.75, 3.05) is 13.2 Å². The first kappa shape index (κ1) is 41.2. The minimum Gasteiger partial charge on any atom is -0.394 e. The van der Waals surface area contributed by atoms with Crippen molar-refractivity contribution < 1.29 is 69.6 Å². The zero-order valence-corrected chi connectivity index (χ0v) is 33.6. The molecule has 3 aliphatic heterocycles. The van der Waals surface area contributed by atoms with E-state index < -0.39 is 96.8 Å². The lowest BCUT2D eigenvalue weighted by atomic mass is 9.41. The predicted octanol–water partition coefficient (Wildman–Crippen LogP) is 0.724. The molecular weight excluding hydrogens is 716 g/mol. The van der Waals surface area contributed by atoms with Gasteiger partial charge in [-0.3, -0.25) is 0 Å². The first-order valence-corrected chi connectivity index (χ1v) is 20.9. The van der Waals surface area contributed by atoms with Gasteiger partial charge in [0.15, 0.2) is 12.6 Å². The van der Waals surface area contributed by atoms with Crippen molar-refractivity contribution in [1.82, 2.24) is 0 Å². The van der Waals surface area contributed by atoms with E-state index in [2.05, 4.69) is 34.6 Å². The molecule has 5 aliphatic carbocycles. The molecule has 14 heteroatoms. The standard InChI is InChI=1S/C41H68O14/c1-35(2)24(53-34-30(26(46)21(45)17-51-34)54-33-29(49)28(48)27(47)22(16-42)52-33)9-11-41-18-40(41)13-12-37(5)32(39(7)10-8-25(55-39)36(3,4)50)20(44)15-38(37,6)23(40)14-19(43)31(35)41/h19-34,42-50H,8-18H2,1-7H3/t19-,20-,21+,22+,23-,24-,25-,26-,27+,28-,29+,30+,31+,32-,33-,34-,37+,38-,39+,40-,41+/m0/s1. The van der Waals surface area contributed by atoms with E-state index in [-0.39, 0.29) is 52.1 Å². The lowest BCUT2D eigenvalue weighted by Gasteiger charge is -2.64. The van der Waals surface area contributed by atoms with Gasteiger partial charge in [-0.25, -0.2) is 0 Å². The van der Waals surface area contributed by atoms with E-state index in [9.17, 15) is 46.0 Å². The second-order valence-electron chi connectivity index (χ2n) is 21.1. The van der Waals surface area contributed by atoms with Gasteiger partial charge < -0.3 is 69.6 Å². The maximum atomic E-state index is 12.4. The normalized spacial score (nSPS) is 58.7. The topological polar surface area (TPSA) is 228 Å². The maximum Gasteiger partial charge on any atom is 0.187 e. The maximum absolute atomic E-state index is 12.4. The fourth-order valence-corrected chi connectivity index (χ4v) is 14.9. The number of fused-ring (bicyclic) bond motifs is 2. The Morgan fingerprint density at radius 2 is 1.42 bits per heavy atom. The second-order valence-corrected chi connectivity index (χ2v) is 21.1. The third kappa shape index (κ3) is 5.70. The summed E-state index contributed by atoms with van der Waals surface area (Å²) in [7, 11) is 0. The van der Waals surface area contributed by atoms with Crippen LogP contribution in [0.25, 0.3) is 0 Å². The average Bonchev–Trinajstić information content (AvgIpc) is 3.45. The van der Waals surface area contributed by atoms with Gasteiger partial charge >= 0.3 is 0 Å². The van der Waals surface area contributed by atoms with Crippen molar-refractivity contribution >= 4 is 0 Å². The van der Waals surface area contributed by atoms with Gasteiger partial charge in [0.25, 0.3) is 0 Å². The van der Waals surface area contributed by atoms with Gasteiger partial charge in [0.1, 0.15) is 42.7 Å². The third-order valence-corrected chi connectivity index (χ3v) is 17.6. The van der Waals surface area contributed by atoms with Gasteiger partial charge in [-0.1, -0.05) is 27.7 Å². The Balaban J connectivity index is 1.02. The van der Waals surface area contributed by atoms with E-state index in [0.717, 1.165) is 38.5 Å². The number of rotatable bonds is 7. The molecule has 0 unspecified atom stereocenters. The minimum absolute atomic E-state index is 0.0193. The molecule has 8 rings (SSSR count). The van der Waals surface area contributed by atoms with E-state index in [1.165, 1.54) is 0 Å². The number of aliphatic hydroxyl groups is 9. The molecular formula is C41H68O14. The van der Waals surface area contributed by atoms with E-state index in [1.54, 1.807) is 13.8 Å². The molecule has 2 spiro atoms. The van der Waals surface area contributed by atoms with Crippen LogP contribution in [0.2, 0.25) is 0 Å². The SMILES string of the molecule is CC(C)(O)[C@@H]1CC[C@](C)([C@H]2[C@@H](O)C[C@@]3(C)[C@@H]4C[C@H](O)[C@@H]5C(C)(C)[C@@H](O[C@@H]6OC[C@@H](O)[C@H](O)[C@H]6O[C@@H]6O[C@H](CO)[C@@H](O)[C@H](O)[C@H]6O)CC[C@@]56C[C@@]46CC[C@]23C)O1. The van der Waals surface area contributed by atoms with Crippen LogP contribution in [0.3, 0.4) is 0 Å². The summed E-state index contributed by atoms with van der Waals surface area (Å²) in [6.07, 6.45) is -7.87. The summed E-state index contributed by atoms with van der Waals surface area (Å²) in [6, 6.07) is 0. The van der Waals surface area contributed by atoms with Crippen LogP contribution in [0.5, 0.6) is 0 Å². The van der Waals surface area contributed by atoms with Crippen LogP contribution in [-0.2, 0) is 23.7 Å². The molecule has 3 saturated heterocycles. The van der Waals surface area contributed by atoms with E-state index in [4.69, 9.17) is 23.7 Å². The van der Waals surface area contributed by atoms with Crippen LogP contribution in [0, 0.1) is 44.8 Å². The highest BCUT2D eigenvalue weighted by atomic mass is 16.8. The third-order valence-electron chi connectivity index (χ3n) is 17.6. The molecule has 0 aromatic carbocycles. The van der Waals surface area contributed by atoms with Crippen molar-refractivity contribution in [2.45, 2.75) is 197 Å². The van der Waals surface area contributed by atoms with Crippen LogP contribution < -0.4 is 0 Å². The molecule has 21 atom stereocenters. The molecule has 0 aromatic rings. The summed E-state index contributed by atoms with van der Waals surface area (Å²) in [5.74, 6) is 0.0159. The smallest absolute Gasteiger partial charge is 0.187 e. The average molecular weight is 785 g/mol. The molecule has 55 heavy (non-hydrogen) atoms. The highest BCUT2D eigenvalue weighted by Crippen LogP contribution is 2.89. The largest absolute Gasteiger partial charge is 0.394 e. The number of hydrogen-bond donors (Lipinski definition) is 9. The summed E-state index contributed by atoms with van der Waals surface area (Å²) < 4.78 is 30.9. The van der Waals surface area contributed by atoms with Crippen LogP contribution in [-0.4, -0.2) is 150 Å². The lowest BCUT2D eigenvalue weighted by molar-refractivity contribution is -0.366. The van der Waals surface area contributed by atoms with E-state index >= 15 is 0 Å². The molecule has 0 radical (unpaired) electrons. The summed E-state index contributed by atoms with van der Waals surface area (Å²) in [5, 5.41) is 97.9. The van der Waals surface area contributed by atoms with Crippen LogP contribution in [0.4, 0.5) is 0 Å². The molecule has 5 saturated carbocycles. The Morgan fingerprint density at radius 3 is 2.07 bits per heavy atom. The molecule has 8 fully saturated rings. The highest BCUT2D eigenvalue weighted by Gasteiger charge is 2.85. The summed E-state index contributed by atoms with van der Waals surface area (Å²) in [6.45, 7) is 13.8. The van der Waals surface area contributed by atoms with Crippen molar-refractivity contribution in [2.24, 2.45) is 44.8 Å². The minimum atomic E-state index is -1.72. The summed E-state index contributed by atoms with van der Waals surface area (Å²) in [5.41, 5.74) is -2.64.